The van der Waals surface area contributed by atoms with E-state index < -0.39 is 0 Å². The molecule has 1 aliphatic carbocycles. The number of allylic oxidation sites excluding steroid dienone is 1. The lowest BCUT2D eigenvalue weighted by Crippen LogP contribution is -2.34. The summed E-state index contributed by atoms with van der Waals surface area (Å²) in [6.07, 6.45) is 5.45. The molecule has 1 saturated heterocycles. The second-order valence-corrected chi connectivity index (χ2v) is 4.49. The number of ether oxygens (including phenoxy) is 3. The zero-order chi connectivity index (χ0) is 12.8. The Morgan fingerprint density at radius 1 is 1.42 bits per heavy atom. The smallest absolute Gasteiger partial charge is 0.156 e. The van der Waals surface area contributed by atoms with Crippen LogP contribution in [0.25, 0.3) is 0 Å². The van der Waals surface area contributed by atoms with Gasteiger partial charge in [0, 0.05) is 6.07 Å². The Kier molecular flexibility index (Phi) is 2.13. The molecular formula is C15H11NO3. The highest BCUT2D eigenvalue weighted by Gasteiger charge is 2.31. The van der Waals surface area contributed by atoms with Crippen molar-refractivity contribution in [3.63, 3.8) is 0 Å². The lowest BCUT2D eigenvalue weighted by atomic mass is 9.96. The first-order chi connectivity index (χ1) is 9.33. The molecule has 0 spiro atoms. The largest absolute Gasteiger partial charge is 0.465 e. The van der Waals surface area contributed by atoms with Gasteiger partial charge in [-0.3, -0.25) is 0 Å². The van der Waals surface area contributed by atoms with Crippen molar-refractivity contribution in [2.45, 2.75) is 6.10 Å². The molecule has 4 rings (SSSR count). The SMILES string of the molecule is C=COc1ccc2c(c1)OC1=CC3OCC3=CC1=N2. The fourth-order valence-corrected chi connectivity index (χ4v) is 2.28. The van der Waals surface area contributed by atoms with Crippen LogP contribution in [-0.4, -0.2) is 18.4 Å². The molecule has 1 aromatic rings. The Morgan fingerprint density at radius 2 is 2.37 bits per heavy atom. The van der Waals surface area contributed by atoms with Crippen molar-refractivity contribution in [1.29, 1.82) is 0 Å². The molecule has 0 N–H and O–H groups in total. The lowest BCUT2D eigenvalue weighted by Gasteiger charge is -2.33. The van der Waals surface area contributed by atoms with Crippen molar-refractivity contribution < 1.29 is 14.2 Å². The maximum atomic E-state index is 5.87. The summed E-state index contributed by atoms with van der Waals surface area (Å²) in [6.45, 7) is 4.22. The summed E-state index contributed by atoms with van der Waals surface area (Å²) >= 11 is 0. The van der Waals surface area contributed by atoms with E-state index in [-0.39, 0.29) is 6.10 Å². The Morgan fingerprint density at radius 3 is 3.16 bits per heavy atom. The number of hydrogen-bond donors (Lipinski definition) is 0. The summed E-state index contributed by atoms with van der Waals surface area (Å²) in [5.41, 5.74) is 2.92. The van der Waals surface area contributed by atoms with Crippen LogP contribution in [0.15, 0.2) is 59.5 Å². The van der Waals surface area contributed by atoms with E-state index >= 15 is 0 Å². The lowest BCUT2D eigenvalue weighted by molar-refractivity contribution is 0.0462. The maximum absolute atomic E-state index is 5.87. The van der Waals surface area contributed by atoms with E-state index in [1.54, 1.807) is 6.07 Å². The number of hydrogen-bond acceptors (Lipinski definition) is 4. The van der Waals surface area contributed by atoms with Crippen molar-refractivity contribution in [3.05, 3.63) is 54.5 Å². The van der Waals surface area contributed by atoms with E-state index in [0.29, 0.717) is 18.1 Å². The number of nitrogens with zero attached hydrogens (tertiary/aromatic N) is 1. The number of aliphatic imine (C=N–C) groups is 1. The summed E-state index contributed by atoms with van der Waals surface area (Å²) < 4.78 is 16.5. The Hall–Kier alpha value is -2.33. The average molecular weight is 253 g/mol. The maximum Gasteiger partial charge on any atom is 0.156 e. The van der Waals surface area contributed by atoms with Gasteiger partial charge in [0.2, 0.25) is 0 Å². The second kappa shape index (κ2) is 3.83. The van der Waals surface area contributed by atoms with Gasteiger partial charge in [-0.05, 0) is 29.9 Å². The highest BCUT2D eigenvalue weighted by Crippen LogP contribution is 2.39. The van der Waals surface area contributed by atoms with Crippen LogP contribution in [0.5, 0.6) is 11.5 Å². The molecule has 1 fully saturated rings. The Labute approximate surface area is 110 Å². The Bertz CT molecular complexity index is 670. The first-order valence-corrected chi connectivity index (χ1v) is 6.06. The van der Waals surface area contributed by atoms with Crippen LogP contribution in [0.3, 0.4) is 0 Å². The molecule has 0 amide bonds. The van der Waals surface area contributed by atoms with Crippen LogP contribution in [-0.2, 0) is 4.74 Å². The third-order valence-electron chi connectivity index (χ3n) is 3.28. The quantitative estimate of drug-likeness (QED) is 0.761. The van der Waals surface area contributed by atoms with E-state index in [9.17, 15) is 0 Å². The fourth-order valence-electron chi connectivity index (χ4n) is 2.28. The predicted molar refractivity (Wildman–Crippen MR) is 70.9 cm³/mol. The van der Waals surface area contributed by atoms with Gasteiger partial charge in [0.1, 0.15) is 23.3 Å². The third kappa shape index (κ3) is 1.61. The van der Waals surface area contributed by atoms with E-state index in [1.807, 2.05) is 24.3 Å². The highest BCUT2D eigenvalue weighted by atomic mass is 16.5. The summed E-state index contributed by atoms with van der Waals surface area (Å²) in [4.78, 5) is 4.60. The van der Waals surface area contributed by atoms with Gasteiger partial charge in [0.05, 0.1) is 12.9 Å². The van der Waals surface area contributed by atoms with Crippen LogP contribution < -0.4 is 9.47 Å². The van der Waals surface area contributed by atoms with Gasteiger partial charge < -0.3 is 14.2 Å². The molecule has 0 bridgehead atoms. The molecule has 2 aliphatic heterocycles. The van der Waals surface area contributed by atoms with Gasteiger partial charge in [-0.1, -0.05) is 6.58 Å². The van der Waals surface area contributed by atoms with E-state index in [1.165, 1.54) is 11.8 Å². The minimum atomic E-state index is 0.0584. The van der Waals surface area contributed by atoms with Gasteiger partial charge in [0.15, 0.2) is 11.5 Å². The average Bonchev–Trinajstić information content (AvgIpc) is 2.40. The molecule has 4 heteroatoms. The first kappa shape index (κ1) is 10.6. The van der Waals surface area contributed by atoms with Crippen molar-refractivity contribution in [2.24, 2.45) is 4.99 Å². The molecule has 0 saturated carbocycles. The molecule has 3 aliphatic rings. The molecule has 4 nitrogen and oxygen atoms in total. The molecule has 19 heavy (non-hydrogen) atoms. The minimum absolute atomic E-state index is 0.0584. The van der Waals surface area contributed by atoms with Crippen molar-refractivity contribution in [3.8, 4) is 11.5 Å². The standard InChI is InChI=1S/C15H11NO3/c1-2-17-10-3-4-11-14(6-10)19-15-7-13-9(8-18-13)5-12(15)16-11/h2-7,13H,1,8H2. The van der Waals surface area contributed by atoms with Crippen molar-refractivity contribution in [2.75, 3.05) is 6.61 Å². The summed E-state index contributed by atoms with van der Waals surface area (Å²) in [5, 5.41) is 0. The topological polar surface area (TPSA) is 40.0 Å². The zero-order valence-electron chi connectivity index (χ0n) is 10.1. The van der Waals surface area contributed by atoms with Crippen molar-refractivity contribution in [1.82, 2.24) is 0 Å². The summed E-state index contributed by atoms with van der Waals surface area (Å²) in [6, 6.07) is 5.52. The van der Waals surface area contributed by atoms with Gasteiger partial charge in [0.25, 0.3) is 0 Å². The van der Waals surface area contributed by atoms with Gasteiger partial charge >= 0.3 is 0 Å². The fraction of sp³-hybridized carbons (Fsp3) is 0.133. The monoisotopic (exact) mass is 253 g/mol. The van der Waals surface area contributed by atoms with Gasteiger partial charge in [-0.25, -0.2) is 4.99 Å². The van der Waals surface area contributed by atoms with Crippen LogP contribution in [0, 0.1) is 0 Å². The summed E-state index contributed by atoms with van der Waals surface area (Å²) in [5.74, 6) is 2.11. The van der Waals surface area contributed by atoms with Crippen LogP contribution in [0.1, 0.15) is 0 Å². The van der Waals surface area contributed by atoms with E-state index in [4.69, 9.17) is 14.2 Å². The zero-order valence-corrected chi connectivity index (χ0v) is 10.1. The molecular weight excluding hydrogens is 242 g/mol. The highest BCUT2D eigenvalue weighted by molar-refractivity contribution is 6.11. The van der Waals surface area contributed by atoms with E-state index in [0.717, 1.165) is 17.2 Å². The minimum Gasteiger partial charge on any atom is -0.465 e. The molecule has 94 valence electrons. The molecule has 1 aromatic carbocycles. The second-order valence-electron chi connectivity index (χ2n) is 4.49. The molecule has 2 heterocycles. The van der Waals surface area contributed by atoms with Crippen molar-refractivity contribution >= 4 is 11.4 Å². The number of benzene rings is 1. The van der Waals surface area contributed by atoms with Crippen LogP contribution >= 0.6 is 0 Å². The normalized spacial score (nSPS) is 22.3. The van der Waals surface area contributed by atoms with Gasteiger partial charge in [-0.2, -0.15) is 0 Å². The third-order valence-corrected chi connectivity index (χ3v) is 3.28. The van der Waals surface area contributed by atoms with Crippen LogP contribution in [0.2, 0.25) is 0 Å². The predicted octanol–water partition coefficient (Wildman–Crippen LogP) is 2.90. The van der Waals surface area contributed by atoms with Crippen LogP contribution in [0.4, 0.5) is 5.69 Å². The molecule has 0 aromatic heterocycles. The molecule has 0 radical (unpaired) electrons. The summed E-state index contributed by atoms with van der Waals surface area (Å²) in [7, 11) is 0. The molecule has 1 atom stereocenters. The number of rotatable bonds is 2. The molecule has 1 unspecified atom stereocenters. The Balaban J connectivity index is 1.77. The van der Waals surface area contributed by atoms with Gasteiger partial charge in [-0.15, -0.1) is 0 Å². The number of fused-ring (bicyclic) bond motifs is 3. The first-order valence-electron chi connectivity index (χ1n) is 6.06. The van der Waals surface area contributed by atoms with E-state index in [2.05, 4.69) is 11.6 Å².